The van der Waals surface area contributed by atoms with Gasteiger partial charge in [0.25, 0.3) is 5.91 Å². The number of nitrogens with zero attached hydrogens (tertiary/aromatic N) is 3. The Kier molecular flexibility index (Phi) is 4.07. The number of hydrogen-bond donors (Lipinski definition) is 1. The van der Waals surface area contributed by atoms with Crippen molar-refractivity contribution in [3.05, 3.63) is 17.5 Å². The van der Waals surface area contributed by atoms with E-state index in [1.165, 1.54) is 0 Å². The highest BCUT2D eigenvalue weighted by molar-refractivity contribution is 5.92. The van der Waals surface area contributed by atoms with Crippen LogP contribution in [-0.2, 0) is 10.3 Å². The molecule has 0 aliphatic carbocycles. The van der Waals surface area contributed by atoms with Gasteiger partial charge in [-0.15, -0.1) is 0 Å². The molecular weight excluding hydrogens is 270 g/mol. The van der Waals surface area contributed by atoms with E-state index in [2.05, 4.69) is 5.10 Å². The molecule has 2 heterocycles. The molecule has 1 amide bonds. The third-order valence-corrected chi connectivity index (χ3v) is 3.80. The lowest BCUT2D eigenvalue weighted by molar-refractivity contribution is -0.143. The quantitative estimate of drug-likeness (QED) is 0.903. The lowest BCUT2D eigenvalue weighted by Gasteiger charge is -2.30. The van der Waals surface area contributed by atoms with Crippen molar-refractivity contribution in [3.8, 4) is 0 Å². The second-order valence-corrected chi connectivity index (χ2v) is 6.68. The number of rotatable bonds is 2. The molecule has 1 atom stereocenters. The van der Waals surface area contributed by atoms with Gasteiger partial charge in [-0.3, -0.25) is 14.3 Å². The standard InChI is InChI=1S/C15H23N3O3/c1-10-8-12(16-18(10)15(2,3)4)13(19)17-7-5-6-11(9-17)14(20)21/h8,11H,5-7,9H2,1-4H3,(H,20,21)/t11-/m1/s1. The minimum Gasteiger partial charge on any atom is -0.481 e. The Morgan fingerprint density at radius 1 is 1.38 bits per heavy atom. The number of carbonyl (C=O) groups excluding carboxylic acids is 1. The van der Waals surface area contributed by atoms with Crippen molar-refractivity contribution in [2.45, 2.75) is 46.1 Å². The maximum Gasteiger partial charge on any atom is 0.308 e. The third kappa shape index (κ3) is 3.25. The van der Waals surface area contributed by atoms with Crippen LogP contribution in [0.5, 0.6) is 0 Å². The monoisotopic (exact) mass is 293 g/mol. The fraction of sp³-hybridized carbons (Fsp3) is 0.667. The average Bonchev–Trinajstić information content (AvgIpc) is 2.80. The third-order valence-electron chi connectivity index (χ3n) is 3.80. The molecular formula is C15H23N3O3. The van der Waals surface area contributed by atoms with Crippen molar-refractivity contribution in [1.82, 2.24) is 14.7 Å². The number of aromatic nitrogens is 2. The summed E-state index contributed by atoms with van der Waals surface area (Å²) in [7, 11) is 0. The Bertz CT molecular complexity index is 557. The average molecular weight is 293 g/mol. The Balaban J connectivity index is 2.19. The van der Waals surface area contributed by atoms with E-state index in [0.29, 0.717) is 18.7 Å². The van der Waals surface area contributed by atoms with Crippen molar-refractivity contribution < 1.29 is 14.7 Å². The number of carboxylic acids is 1. The summed E-state index contributed by atoms with van der Waals surface area (Å²) >= 11 is 0. The van der Waals surface area contributed by atoms with Gasteiger partial charge >= 0.3 is 5.97 Å². The molecule has 0 spiro atoms. The number of amides is 1. The molecule has 1 fully saturated rings. The first kappa shape index (κ1) is 15.5. The van der Waals surface area contributed by atoms with Gasteiger partial charge in [-0.05, 0) is 46.6 Å². The van der Waals surface area contributed by atoms with E-state index in [1.807, 2.05) is 32.4 Å². The zero-order valence-corrected chi connectivity index (χ0v) is 13.1. The number of carboxylic acid groups (broad SMARTS) is 1. The van der Waals surface area contributed by atoms with Crippen molar-refractivity contribution in [2.75, 3.05) is 13.1 Å². The first-order valence-corrected chi connectivity index (χ1v) is 7.29. The van der Waals surface area contributed by atoms with Gasteiger partial charge in [-0.1, -0.05) is 0 Å². The Hall–Kier alpha value is -1.85. The predicted molar refractivity (Wildman–Crippen MR) is 78.2 cm³/mol. The molecule has 0 radical (unpaired) electrons. The molecule has 0 saturated carbocycles. The SMILES string of the molecule is Cc1cc(C(=O)N2CCC[C@@H](C(=O)O)C2)nn1C(C)(C)C. The molecule has 0 bridgehead atoms. The van der Waals surface area contributed by atoms with Crippen LogP contribution >= 0.6 is 0 Å². The molecule has 116 valence electrons. The molecule has 1 saturated heterocycles. The minimum absolute atomic E-state index is 0.174. The van der Waals surface area contributed by atoms with Crippen LogP contribution in [0.15, 0.2) is 6.07 Å². The fourth-order valence-electron chi connectivity index (χ4n) is 2.78. The van der Waals surface area contributed by atoms with Gasteiger partial charge < -0.3 is 10.0 Å². The topological polar surface area (TPSA) is 75.4 Å². The zero-order valence-electron chi connectivity index (χ0n) is 13.1. The molecule has 1 aliphatic heterocycles. The lowest BCUT2D eigenvalue weighted by atomic mass is 9.98. The van der Waals surface area contributed by atoms with E-state index in [0.717, 1.165) is 12.1 Å². The first-order valence-electron chi connectivity index (χ1n) is 7.29. The highest BCUT2D eigenvalue weighted by Crippen LogP contribution is 2.21. The summed E-state index contributed by atoms with van der Waals surface area (Å²) in [4.78, 5) is 25.2. The molecule has 1 aromatic heterocycles. The summed E-state index contributed by atoms with van der Waals surface area (Å²) in [5, 5.41) is 13.5. The van der Waals surface area contributed by atoms with Crippen LogP contribution in [0, 0.1) is 12.8 Å². The number of likely N-dealkylation sites (tertiary alicyclic amines) is 1. The van der Waals surface area contributed by atoms with Crippen LogP contribution < -0.4 is 0 Å². The number of aryl methyl sites for hydroxylation is 1. The van der Waals surface area contributed by atoms with Crippen molar-refractivity contribution in [1.29, 1.82) is 0 Å². The van der Waals surface area contributed by atoms with Crippen molar-refractivity contribution in [3.63, 3.8) is 0 Å². The van der Waals surface area contributed by atoms with Gasteiger partial charge in [0.15, 0.2) is 5.69 Å². The predicted octanol–water partition coefficient (Wildman–Crippen LogP) is 1.88. The largest absolute Gasteiger partial charge is 0.481 e. The Morgan fingerprint density at radius 2 is 2.05 bits per heavy atom. The van der Waals surface area contributed by atoms with Gasteiger partial charge in [0, 0.05) is 18.8 Å². The zero-order chi connectivity index (χ0) is 15.8. The molecule has 0 unspecified atom stereocenters. The second-order valence-electron chi connectivity index (χ2n) is 6.68. The fourth-order valence-corrected chi connectivity index (χ4v) is 2.78. The summed E-state index contributed by atoms with van der Waals surface area (Å²) in [6, 6.07) is 1.78. The van der Waals surface area contributed by atoms with Gasteiger partial charge in [0.2, 0.25) is 0 Å². The van der Waals surface area contributed by atoms with Crippen LogP contribution in [-0.4, -0.2) is 44.8 Å². The second kappa shape index (κ2) is 5.50. The Morgan fingerprint density at radius 3 is 2.57 bits per heavy atom. The maximum atomic E-state index is 12.5. The molecule has 1 aromatic rings. The summed E-state index contributed by atoms with van der Waals surface area (Å²) in [5.41, 5.74) is 1.14. The minimum atomic E-state index is -0.830. The smallest absolute Gasteiger partial charge is 0.308 e. The van der Waals surface area contributed by atoms with E-state index in [-0.39, 0.29) is 18.0 Å². The molecule has 21 heavy (non-hydrogen) atoms. The van der Waals surface area contributed by atoms with Crippen LogP contribution in [0.2, 0.25) is 0 Å². The van der Waals surface area contributed by atoms with Crippen LogP contribution in [0.1, 0.15) is 49.8 Å². The highest BCUT2D eigenvalue weighted by Gasteiger charge is 2.30. The molecule has 1 N–H and O–H groups in total. The van der Waals surface area contributed by atoms with Crippen molar-refractivity contribution in [2.24, 2.45) is 5.92 Å². The van der Waals surface area contributed by atoms with E-state index < -0.39 is 11.9 Å². The molecule has 6 nitrogen and oxygen atoms in total. The lowest BCUT2D eigenvalue weighted by Crippen LogP contribution is -2.42. The highest BCUT2D eigenvalue weighted by atomic mass is 16.4. The van der Waals surface area contributed by atoms with Crippen molar-refractivity contribution >= 4 is 11.9 Å². The normalized spacial score (nSPS) is 19.6. The van der Waals surface area contributed by atoms with Crippen LogP contribution in [0.4, 0.5) is 0 Å². The number of aliphatic carboxylic acids is 1. The van der Waals surface area contributed by atoms with Crippen LogP contribution in [0.25, 0.3) is 0 Å². The maximum absolute atomic E-state index is 12.5. The first-order chi connectivity index (χ1) is 9.70. The summed E-state index contributed by atoms with van der Waals surface area (Å²) in [5.74, 6) is -1.47. The van der Waals surface area contributed by atoms with E-state index >= 15 is 0 Å². The number of carbonyl (C=O) groups is 2. The van der Waals surface area contributed by atoms with E-state index in [9.17, 15) is 9.59 Å². The van der Waals surface area contributed by atoms with Gasteiger partial charge in [0.1, 0.15) is 0 Å². The molecule has 0 aromatic carbocycles. The Labute approximate surface area is 124 Å². The van der Waals surface area contributed by atoms with Gasteiger partial charge in [0.05, 0.1) is 11.5 Å². The van der Waals surface area contributed by atoms with E-state index in [4.69, 9.17) is 5.11 Å². The molecule has 1 aliphatic rings. The molecule has 6 heteroatoms. The summed E-state index contributed by atoms with van der Waals surface area (Å²) < 4.78 is 1.83. The number of piperidine rings is 1. The van der Waals surface area contributed by atoms with Gasteiger partial charge in [-0.25, -0.2) is 0 Å². The van der Waals surface area contributed by atoms with E-state index in [1.54, 1.807) is 11.0 Å². The van der Waals surface area contributed by atoms with Crippen LogP contribution in [0.3, 0.4) is 0 Å². The summed E-state index contributed by atoms with van der Waals surface area (Å²) in [6.07, 6.45) is 1.36. The van der Waals surface area contributed by atoms with Gasteiger partial charge in [-0.2, -0.15) is 5.10 Å². The number of hydrogen-bond acceptors (Lipinski definition) is 3. The summed E-state index contributed by atoms with van der Waals surface area (Å²) in [6.45, 7) is 8.89. The molecule has 2 rings (SSSR count).